The lowest BCUT2D eigenvalue weighted by Gasteiger charge is -2.35. The molecule has 1 atom stereocenters. The number of rotatable bonds is 4. The molecule has 1 aromatic heterocycles. The molecule has 0 aliphatic carbocycles. The van der Waals surface area contributed by atoms with Crippen molar-refractivity contribution in [3.05, 3.63) is 47.8 Å². The van der Waals surface area contributed by atoms with Crippen LogP contribution >= 0.6 is 0 Å². The lowest BCUT2D eigenvalue weighted by molar-refractivity contribution is -0.133. The largest absolute Gasteiger partial charge is 0.387 e. The first-order chi connectivity index (χ1) is 13.0. The van der Waals surface area contributed by atoms with Crippen molar-refractivity contribution in [1.29, 1.82) is 0 Å². The van der Waals surface area contributed by atoms with Gasteiger partial charge in [0.1, 0.15) is 6.54 Å². The van der Waals surface area contributed by atoms with E-state index < -0.39 is 6.10 Å². The Morgan fingerprint density at radius 2 is 2.00 bits per heavy atom. The smallest absolute Gasteiger partial charge is 0.242 e. The number of likely N-dealkylation sites (tertiary alicyclic amines) is 1. The van der Waals surface area contributed by atoms with E-state index in [0.29, 0.717) is 19.5 Å². The number of amides is 2. The van der Waals surface area contributed by atoms with E-state index in [1.807, 2.05) is 37.4 Å². The topological polar surface area (TPSA) is 78.7 Å². The summed E-state index contributed by atoms with van der Waals surface area (Å²) < 4.78 is 1.69. The average Bonchev–Trinajstić information content (AvgIpc) is 3.24. The van der Waals surface area contributed by atoms with Gasteiger partial charge in [-0.3, -0.25) is 14.3 Å². The number of para-hydroxylation sites is 1. The third-order valence-corrected chi connectivity index (χ3v) is 5.72. The Bertz CT molecular complexity index is 854. The standard InChI is InChI=1S/C20H24N4O3/c1-22-17(6-9-21-22)20(27)14-7-10-23(11-8-14)19(26)13-24-16-5-3-2-4-15(16)12-18(24)25/h2-6,9,14,20,27H,7-8,10-13H2,1H3. The number of anilines is 1. The molecular weight excluding hydrogens is 344 g/mol. The number of fused-ring (bicyclic) bond motifs is 1. The number of hydrogen-bond donors (Lipinski definition) is 1. The summed E-state index contributed by atoms with van der Waals surface area (Å²) >= 11 is 0. The number of carbonyl (C=O) groups is 2. The minimum atomic E-state index is -0.568. The van der Waals surface area contributed by atoms with Crippen molar-refractivity contribution in [2.24, 2.45) is 13.0 Å². The second-order valence-corrected chi connectivity index (χ2v) is 7.33. The molecule has 2 aliphatic rings. The van der Waals surface area contributed by atoms with Gasteiger partial charge >= 0.3 is 0 Å². The third kappa shape index (κ3) is 3.35. The maximum Gasteiger partial charge on any atom is 0.242 e. The summed E-state index contributed by atoms with van der Waals surface area (Å²) in [6.45, 7) is 1.29. The Hall–Kier alpha value is -2.67. The number of aliphatic hydroxyl groups excluding tert-OH is 1. The van der Waals surface area contributed by atoms with E-state index in [1.54, 1.807) is 20.7 Å². The highest BCUT2D eigenvalue weighted by molar-refractivity contribution is 6.04. The summed E-state index contributed by atoms with van der Waals surface area (Å²) in [6, 6.07) is 9.46. The van der Waals surface area contributed by atoms with Crippen LogP contribution in [0.25, 0.3) is 0 Å². The fourth-order valence-corrected chi connectivity index (χ4v) is 4.11. The van der Waals surface area contributed by atoms with E-state index in [1.165, 1.54) is 0 Å². The molecule has 2 aromatic rings. The van der Waals surface area contributed by atoms with Gasteiger partial charge in [0.2, 0.25) is 11.8 Å². The van der Waals surface area contributed by atoms with Crippen LogP contribution in [0.4, 0.5) is 5.69 Å². The fraction of sp³-hybridized carbons (Fsp3) is 0.450. The zero-order valence-corrected chi connectivity index (χ0v) is 15.4. The van der Waals surface area contributed by atoms with Crippen LogP contribution in [0.1, 0.15) is 30.2 Å². The van der Waals surface area contributed by atoms with Gasteiger partial charge in [-0.25, -0.2) is 0 Å². The first-order valence-corrected chi connectivity index (χ1v) is 9.36. The van der Waals surface area contributed by atoms with Crippen LogP contribution in [0.2, 0.25) is 0 Å². The quantitative estimate of drug-likeness (QED) is 0.882. The van der Waals surface area contributed by atoms with E-state index in [-0.39, 0.29) is 24.3 Å². The summed E-state index contributed by atoms with van der Waals surface area (Å²) in [5.41, 5.74) is 2.63. The molecule has 142 valence electrons. The molecule has 3 heterocycles. The van der Waals surface area contributed by atoms with Crippen LogP contribution in [0, 0.1) is 5.92 Å². The van der Waals surface area contributed by atoms with Crippen LogP contribution in [-0.4, -0.2) is 51.2 Å². The van der Waals surface area contributed by atoms with Gasteiger partial charge in [-0.2, -0.15) is 5.10 Å². The molecule has 7 heteroatoms. The summed E-state index contributed by atoms with van der Waals surface area (Å²) in [5, 5.41) is 14.7. The Morgan fingerprint density at radius 1 is 1.26 bits per heavy atom. The molecule has 1 N–H and O–H groups in total. The monoisotopic (exact) mass is 368 g/mol. The molecule has 1 fully saturated rings. The van der Waals surface area contributed by atoms with Crippen LogP contribution in [0.3, 0.4) is 0 Å². The Kier molecular flexibility index (Phi) is 4.70. The van der Waals surface area contributed by atoms with Crippen LogP contribution in [0.5, 0.6) is 0 Å². The molecule has 1 unspecified atom stereocenters. The van der Waals surface area contributed by atoms with E-state index in [4.69, 9.17) is 0 Å². The predicted octanol–water partition coefficient (Wildman–Crippen LogP) is 1.28. The zero-order valence-electron chi connectivity index (χ0n) is 15.4. The summed E-state index contributed by atoms with van der Waals surface area (Å²) in [7, 11) is 1.82. The number of benzene rings is 1. The minimum Gasteiger partial charge on any atom is -0.387 e. The lowest BCUT2D eigenvalue weighted by atomic mass is 9.89. The van der Waals surface area contributed by atoms with E-state index in [0.717, 1.165) is 29.8 Å². The lowest BCUT2D eigenvalue weighted by Crippen LogP contribution is -2.45. The molecule has 2 amide bonds. The summed E-state index contributed by atoms with van der Waals surface area (Å²) in [6.07, 6.45) is 2.96. The Labute approximate surface area is 158 Å². The van der Waals surface area contributed by atoms with Crippen molar-refractivity contribution < 1.29 is 14.7 Å². The van der Waals surface area contributed by atoms with E-state index in [2.05, 4.69) is 5.10 Å². The highest BCUT2D eigenvalue weighted by atomic mass is 16.3. The molecule has 0 saturated carbocycles. The molecule has 2 aliphatic heterocycles. The molecule has 0 bridgehead atoms. The van der Waals surface area contributed by atoms with Gasteiger partial charge in [-0.15, -0.1) is 0 Å². The van der Waals surface area contributed by atoms with Crippen LogP contribution < -0.4 is 4.90 Å². The molecule has 4 rings (SSSR count). The van der Waals surface area contributed by atoms with Gasteiger partial charge in [-0.05, 0) is 36.5 Å². The van der Waals surface area contributed by atoms with Crippen molar-refractivity contribution in [2.45, 2.75) is 25.4 Å². The number of aromatic nitrogens is 2. The summed E-state index contributed by atoms with van der Waals surface area (Å²) in [4.78, 5) is 28.4. The van der Waals surface area contributed by atoms with Gasteiger partial charge in [0.05, 0.1) is 18.2 Å². The number of piperidine rings is 1. The fourth-order valence-electron chi connectivity index (χ4n) is 4.11. The first-order valence-electron chi connectivity index (χ1n) is 9.36. The highest BCUT2D eigenvalue weighted by Crippen LogP contribution is 2.31. The number of aliphatic hydroxyl groups is 1. The molecule has 1 saturated heterocycles. The molecular formula is C20H24N4O3. The average molecular weight is 368 g/mol. The van der Waals surface area contributed by atoms with Crippen LogP contribution in [0.15, 0.2) is 36.5 Å². The molecule has 0 radical (unpaired) electrons. The predicted molar refractivity (Wildman–Crippen MR) is 100.0 cm³/mol. The molecule has 27 heavy (non-hydrogen) atoms. The number of aryl methyl sites for hydroxylation is 1. The Balaban J connectivity index is 1.35. The van der Waals surface area contributed by atoms with Gasteiger partial charge in [0.25, 0.3) is 0 Å². The van der Waals surface area contributed by atoms with Crippen LogP contribution in [-0.2, 0) is 23.1 Å². The summed E-state index contributed by atoms with van der Waals surface area (Å²) in [5.74, 6) is 0.0539. The van der Waals surface area contributed by atoms with Crippen molar-refractivity contribution in [2.75, 3.05) is 24.5 Å². The normalized spacial score (nSPS) is 18.7. The molecule has 0 spiro atoms. The second-order valence-electron chi connectivity index (χ2n) is 7.33. The molecule has 7 nitrogen and oxygen atoms in total. The van der Waals surface area contributed by atoms with Gasteiger partial charge in [-0.1, -0.05) is 18.2 Å². The first kappa shape index (κ1) is 17.7. The molecule has 1 aromatic carbocycles. The van der Waals surface area contributed by atoms with Crippen molar-refractivity contribution in [3.8, 4) is 0 Å². The van der Waals surface area contributed by atoms with E-state index in [9.17, 15) is 14.7 Å². The van der Waals surface area contributed by atoms with Crippen molar-refractivity contribution >= 4 is 17.5 Å². The minimum absolute atomic E-state index is 0.0222. The van der Waals surface area contributed by atoms with Crippen molar-refractivity contribution in [1.82, 2.24) is 14.7 Å². The number of nitrogens with zero attached hydrogens (tertiary/aromatic N) is 4. The highest BCUT2D eigenvalue weighted by Gasteiger charge is 2.33. The SMILES string of the molecule is Cn1nccc1C(O)C1CCN(C(=O)CN2C(=O)Cc3ccccc32)CC1. The second kappa shape index (κ2) is 7.15. The zero-order chi connectivity index (χ0) is 19.0. The maximum absolute atomic E-state index is 12.7. The Morgan fingerprint density at radius 3 is 2.70 bits per heavy atom. The maximum atomic E-state index is 12.7. The van der Waals surface area contributed by atoms with Crippen molar-refractivity contribution in [3.63, 3.8) is 0 Å². The van der Waals surface area contributed by atoms with Gasteiger partial charge in [0, 0.05) is 32.0 Å². The number of carbonyl (C=O) groups excluding carboxylic acids is 2. The third-order valence-electron chi connectivity index (χ3n) is 5.72. The van der Waals surface area contributed by atoms with Gasteiger partial charge < -0.3 is 14.9 Å². The number of hydrogen-bond acceptors (Lipinski definition) is 4. The van der Waals surface area contributed by atoms with E-state index >= 15 is 0 Å². The van der Waals surface area contributed by atoms with Gasteiger partial charge in [0.15, 0.2) is 0 Å².